The molecule has 3 heterocycles. The van der Waals surface area contributed by atoms with Crippen LogP contribution in [0.1, 0.15) is 35.4 Å². The number of pyridine rings is 2. The molecule has 0 bridgehead atoms. The second kappa shape index (κ2) is 11.0. The van der Waals surface area contributed by atoms with E-state index >= 15 is 4.39 Å². The van der Waals surface area contributed by atoms with Crippen LogP contribution >= 0.6 is 15.9 Å². The third kappa shape index (κ3) is 5.68. The van der Waals surface area contributed by atoms with E-state index in [0.717, 1.165) is 28.9 Å². The van der Waals surface area contributed by atoms with Crippen LogP contribution in [0, 0.1) is 28.4 Å². The molecular weight excluding hydrogens is 595 g/mol. The summed E-state index contributed by atoms with van der Waals surface area (Å²) in [5, 5.41) is 8.91. The lowest BCUT2D eigenvalue weighted by Crippen LogP contribution is -2.16. The Hall–Kier alpha value is -4.23. The first-order valence-corrected chi connectivity index (χ1v) is 13.8. The summed E-state index contributed by atoms with van der Waals surface area (Å²) in [6.45, 7) is -0.0114. The van der Waals surface area contributed by atoms with Crippen molar-refractivity contribution in [2.24, 2.45) is 5.41 Å². The molecule has 0 unspecified atom stereocenters. The topological polar surface area (TPSA) is 76.6 Å². The summed E-state index contributed by atoms with van der Waals surface area (Å²) in [7, 11) is 0. The van der Waals surface area contributed by atoms with Crippen molar-refractivity contribution >= 4 is 27.1 Å². The molecule has 0 amide bonds. The van der Waals surface area contributed by atoms with E-state index in [1.807, 2.05) is 16.7 Å². The van der Waals surface area contributed by atoms with Crippen molar-refractivity contribution in [2.75, 3.05) is 6.67 Å². The summed E-state index contributed by atoms with van der Waals surface area (Å²) in [4.78, 5) is 13.5. The third-order valence-corrected chi connectivity index (χ3v) is 7.80. The number of rotatable bonds is 9. The Bertz CT molecular complexity index is 1810. The monoisotopic (exact) mass is 617 g/mol. The number of imidazole rings is 1. The molecule has 0 atom stereocenters. The van der Waals surface area contributed by atoms with Gasteiger partial charge < -0.3 is 9.30 Å². The van der Waals surface area contributed by atoms with Crippen LogP contribution in [-0.2, 0) is 19.6 Å². The molecule has 6 nitrogen and oxygen atoms in total. The van der Waals surface area contributed by atoms with E-state index in [-0.39, 0.29) is 24.5 Å². The van der Waals surface area contributed by atoms with Crippen LogP contribution in [0.25, 0.3) is 22.4 Å². The molecule has 6 rings (SSSR count). The van der Waals surface area contributed by atoms with Crippen LogP contribution in [0.5, 0.6) is 5.88 Å². The fourth-order valence-electron chi connectivity index (χ4n) is 4.75. The van der Waals surface area contributed by atoms with E-state index in [1.54, 1.807) is 36.5 Å². The quantitative estimate of drug-likeness (QED) is 0.173. The Morgan fingerprint density at radius 3 is 2.54 bits per heavy atom. The first kappa shape index (κ1) is 27.0. The lowest BCUT2D eigenvalue weighted by Gasteiger charge is -2.15. The Morgan fingerprint density at radius 2 is 1.80 bits per heavy atom. The number of aromatic nitrogens is 4. The molecule has 0 saturated heterocycles. The van der Waals surface area contributed by atoms with E-state index in [4.69, 9.17) is 10.00 Å². The molecule has 0 spiro atoms. The van der Waals surface area contributed by atoms with Gasteiger partial charge in [0.25, 0.3) is 0 Å². The second-order valence-corrected chi connectivity index (χ2v) is 11.2. The average Bonchev–Trinajstić information content (AvgIpc) is 3.69. The molecule has 3 aromatic heterocycles. The molecular formula is C31H23BrF3N5O. The van der Waals surface area contributed by atoms with Crippen molar-refractivity contribution in [3.05, 3.63) is 105 Å². The van der Waals surface area contributed by atoms with E-state index in [9.17, 15) is 8.78 Å². The zero-order valence-electron chi connectivity index (χ0n) is 21.7. The van der Waals surface area contributed by atoms with Gasteiger partial charge in [-0.1, -0.05) is 24.3 Å². The molecule has 206 valence electrons. The lowest BCUT2D eigenvalue weighted by molar-refractivity contribution is 0.288. The number of fused-ring (bicyclic) bond motifs is 1. The van der Waals surface area contributed by atoms with Gasteiger partial charge in [0.15, 0.2) is 5.65 Å². The summed E-state index contributed by atoms with van der Waals surface area (Å²) < 4.78 is 51.8. The van der Waals surface area contributed by atoms with Crippen LogP contribution in [0.3, 0.4) is 0 Å². The first-order chi connectivity index (χ1) is 19.9. The Kier molecular flexibility index (Phi) is 7.22. The maximum Gasteiger partial charge on any atom is 0.214 e. The van der Waals surface area contributed by atoms with Gasteiger partial charge in [-0.25, -0.2) is 23.7 Å². The van der Waals surface area contributed by atoms with Gasteiger partial charge in [0.05, 0.1) is 29.5 Å². The van der Waals surface area contributed by atoms with Gasteiger partial charge in [-0.2, -0.15) is 5.26 Å². The second-order valence-electron chi connectivity index (χ2n) is 10.3. The van der Waals surface area contributed by atoms with Gasteiger partial charge in [0.1, 0.15) is 24.1 Å². The molecule has 0 N–H and O–H groups in total. The summed E-state index contributed by atoms with van der Waals surface area (Å²) in [6.07, 6.45) is 3.50. The van der Waals surface area contributed by atoms with Crippen molar-refractivity contribution in [2.45, 2.75) is 32.4 Å². The van der Waals surface area contributed by atoms with Crippen molar-refractivity contribution in [3.8, 4) is 23.2 Å². The fraction of sp³-hybridized carbons (Fsp3) is 0.226. The van der Waals surface area contributed by atoms with Gasteiger partial charge in [-0.05, 0) is 64.7 Å². The molecule has 41 heavy (non-hydrogen) atoms. The zero-order chi connectivity index (χ0) is 28.6. The zero-order valence-corrected chi connectivity index (χ0v) is 23.3. The highest BCUT2D eigenvalue weighted by molar-refractivity contribution is 9.10. The highest BCUT2D eigenvalue weighted by atomic mass is 79.9. The van der Waals surface area contributed by atoms with Gasteiger partial charge in [0, 0.05) is 46.2 Å². The van der Waals surface area contributed by atoms with Crippen molar-refractivity contribution in [1.82, 2.24) is 19.5 Å². The molecule has 1 fully saturated rings. The highest BCUT2D eigenvalue weighted by Crippen LogP contribution is 2.48. The van der Waals surface area contributed by atoms with E-state index < -0.39 is 23.7 Å². The number of hydrogen-bond acceptors (Lipinski definition) is 5. The number of halogens is 4. The largest absolute Gasteiger partial charge is 0.473 e. The summed E-state index contributed by atoms with van der Waals surface area (Å²) in [6, 6.07) is 17.9. The molecule has 5 aromatic rings. The minimum atomic E-state index is -0.535. The van der Waals surface area contributed by atoms with Crippen LogP contribution in [0.4, 0.5) is 13.2 Å². The number of ether oxygens (including phenoxy) is 1. The van der Waals surface area contributed by atoms with Gasteiger partial charge in [-0.3, -0.25) is 4.39 Å². The minimum absolute atomic E-state index is 0.0720. The number of nitriles is 1. The molecule has 10 heteroatoms. The van der Waals surface area contributed by atoms with Crippen molar-refractivity contribution in [3.63, 3.8) is 0 Å². The Labute approximate surface area is 242 Å². The first-order valence-electron chi connectivity index (χ1n) is 13.0. The van der Waals surface area contributed by atoms with Crippen molar-refractivity contribution in [1.29, 1.82) is 5.26 Å². The SMILES string of the molecule is N#Cc1ccc(COc2cccc(-c3ccc(Cc4nc5ncc(Br)cc5n4CC4(CF)CC4)c(F)c3)n2)c(F)c1. The van der Waals surface area contributed by atoms with Crippen LogP contribution in [-0.4, -0.2) is 26.2 Å². The lowest BCUT2D eigenvalue weighted by atomic mass is 10.0. The molecule has 0 radical (unpaired) electrons. The summed E-state index contributed by atoms with van der Waals surface area (Å²) in [5.74, 6) is -0.0769. The number of nitrogens with zero attached hydrogens (tertiary/aromatic N) is 5. The van der Waals surface area contributed by atoms with Crippen LogP contribution in [0.15, 0.2) is 71.3 Å². The minimum Gasteiger partial charge on any atom is -0.473 e. The molecule has 1 saturated carbocycles. The van der Waals surface area contributed by atoms with Crippen LogP contribution < -0.4 is 4.74 Å². The fourth-order valence-corrected chi connectivity index (χ4v) is 5.07. The van der Waals surface area contributed by atoms with Gasteiger partial charge in [-0.15, -0.1) is 0 Å². The summed E-state index contributed by atoms with van der Waals surface area (Å²) in [5.41, 5.74) is 2.94. The predicted octanol–water partition coefficient (Wildman–Crippen LogP) is 7.33. The maximum absolute atomic E-state index is 15.4. The molecule has 1 aliphatic carbocycles. The molecule has 1 aliphatic rings. The van der Waals surface area contributed by atoms with Gasteiger partial charge in [0.2, 0.25) is 5.88 Å². The highest BCUT2D eigenvalue weighted by Gasteiger charge is 2.44. The number of hydrogen-bond donors (Lipinski definition) is 0. The van der Waals surface area contributed by atoms with Crippen LogP contribution in [0.2, 0.25) is 0 Å². The average molecular weight is 618 g/mol. The predicted molar refractivity (Wildman–Crippen MR) is 151 cm³/mol. The van der Waals surface area contributed by atoms with Crippen molar-refractivity contribution < 1.29 is 17.9 Å². The Balaban J connectivity index is 1.22. The Morgan fingerprint density at radius 1 is 1.00 bits per heavy atom. The molecule has 0 aliphatic heterocycles. The third-order valence-electron chi connectivity index (χ3n) is 7.36. The number of benzene rings is 2. The summed E-state index contributed by atoms with van der Waals surface area (Å²) >= 11 is 3.45. The van der Waals surface area contributed by atoms with Gasteiger partial charge >= 0.3 is 0 Å². The number of alkyl halides is 1. The molecule has 2 aromatic carbocycles. The standard InChI is InChI=1S/C31H23BrF3N5O/c32-23-13-27-30(37-15-23)39-28(40(27)18-31(17-33)8-9-31)12-20-6-7-21(11-25(20)35)26-2-1-3-29(38-26)41-16-22-5-4-19(14-36)10-24(22)34/h1-7,10-11,13,15H,8-9,12,16-18H2. The van der Waals surface area contributed by atoms with E-state index in [1.165, 1.54) is 18.2 Å². The normalized spacial score (nSPS) is 13.7. The van der Waals surface area contributed by atoms with E-state index in [2.05, 4.69) is 30.9 Å². The smallest absolute Gasteiger partial charge is 0.214 e. The maximum atomic E-state index is 15.4. The van der Waals surface area contributed by atoms with E-state index in [0.29, 0.717) is 40.4 Å².